The zero-order chi connectivity index (χ0) is 12.7. The van der Waals surface area contributed by atoms with E-state index in [0.717, 1.165) is 29.9 Å². The Bertz CT molecular complexity index is 425. The summed E-state index contributed by atoms with van der Waals surface area (Å²) in [6.45, 7) is 2.05. The van der Waals surface area contributed by atoms with Crippen molar-refractivity contribution in [3.8, 4) is 0 Å². The van der Waals surface area contributed by atoms with Crippen molar-refractivity contribution in [3.63, 3.8) is 0 Å². The lowest BCUT2D eigenvalue weighted by Crippen LogP contribution is -2.44. The van der Waals surface area contributed by atoms with Gasteiger partial charge in [-0.3, -0.25) is 16.0 Å². The van der Waals surface area contributed by atoms with Crippen molar-refractivity contribution in [1.29, 1.82) is 0 Å². The Balaban J connectivity index is 1.71. The third-order valence-electron chi connectivity index (χ3n) is 5.05. The maximum Gasteiger partial charge on any atom is 0.0596 e. The third-order valence-corrected chi connectivity index (χ3v) is 5.05. The van der Waals surface area contributed by atoms with Crippen LogP contribution in [-0.4, -0.2) is 15.8 Å². The van der Waals surface area contributed by atoms with Gasteiger partial charge in [0.15, 0.2) is 0 Å². The minimum absolute atomic E-state index is 0.412. The first-order valence-corrected chi connectivity index (χ1v) is 7.13. The van der Waals surface area contributed by atoms with Gasteiger partial charge < -0.3 is 0 Å². The second kappa shape index (κ2) is 4.67. The number of aryl methyl sites for hydroxylation is 2. The zero-order valence-electron chi connectivity index (χ0n) is 11.4. The Morgan fingerprint density at radius 3 is 2.83 bits per heavy atom. The summed E-state index contributed by atoms with van der Waals surface area (Å²) in [5, 5.41) is 4.42. The fourth-order valence-electron chi connectivity index (χ4n) is 4.20. The average molecular weight is 248 g/mol. The Kier molecular flexibility index (Phi) is 3.16. The van der Waals surface area contributed by atoms with Crippen molar-refractivity contribution in [2.75, 3.05) is 0 Å². The summed E-state index contributed by atoms with van der Waals surface area (Å²) < 4.78 is 1.99. The smallest absolute Gasteiger partial charge is 0.0596 e. The third kappa shape index (κ3) is 2.08. The standard InChI is InChI=1S/C14H24N4/c1-9-5-12(18(2)17-9)8-14(16-15)13-7-10-3-4-11(13)6-10/h5,10-11,13-14,16H,3-4,6-8,15H2,1-2H3. The molecule has 2 aliphatic carbocycles. The maximum absolute atomic E-state index is 5.81. The molecule has 4 nitrogen and oxygen atoms in total. The molecule has 0 spiro atoms. The van der Waals surface area contributed by atoms with E-state index in [1.165, 1.54) is 31.4 Å². The SMILES string of the molecule is Cc1cc(CC(NN)C2CC3CCC2C3)n(C)n1. The monoisotopic (exact) mass is 248 g/mol. The summed E-state index contributed by atoms with van der Waals surface area (Å²) in [4.78, 5) is 0. The molecule has 4 heteroatoms. The van der Waals surface area contributed by atoms with Crippen molar-refractivity contribution < 1.29 is 0 Å². The van der Waals surface area contributed by atoms with E-state index in [1.807, 2.05) is 18.7 Å². The van der Waals surface area contributed by atoms with Crippen LogP contribution in [0.25, 0.3) is 0 Å². The van der Waals surface area contributed by atoms with Gasteiger partial charge in [0.05, 0.1) is 5.69 Å². The number of fused-ring (bicyclic) bond motifs is 2. The molecule has 4 unspecified atom stereocenters. The summed E-state index contributed by atoms with van der Waals surface area (Å²) >= 11 is 0. The Hall–Kier alpha value is -0.870. The van der Waals surface area contributed by atoms with Crippen molar-refractivity contribution >= 4 is 0 Å². The van der Waals surface area contributed by atoms with Crippen LogP contribution in [0.5, 0.6) is 0 Å². The largest absolute Gasteiger partial charge is 0.272 e. The molecule has 100 valence electrons. The minimum atomic E-state index is 0.412. The molecule has 2 bridgehead atoms. The predicted octanol–water partition coefficient (Wildman–Crippen LogP) is 1.54. The summed E-state index contributed by atoms with van der Waals surface area (Å²) in [6, 6.07) is 2.59. The summed E-state index contributed by atoms with van der Waals surface area (Å²) in [6.07, 6.45) is 6.67. The number of hydrogen-bond donors (Lipinski definition) is 2. The van der Waals surface area contributed by atoms with E-state index in [4.69, 9.17) is 5.84 Å². The van der Waals surface area contributed by atoms with Crippen molar-refractivity contribution in [3.05, 3.63) is 17.5 Å². The average Bonchev–Trinajstić information content (AvgIpc) is 3.02. The lowest BCUT2D eigenvalue weighted by atomic mass is 9.82. The van der Waals surface area contributed by atoms with Gasteiger partial charge in [-0.2, -0.15) is 5.10 Å². The highest BCUT2D eigenvalue weighted by molar-refractivity contribution is 5.11. The van der Waals surface area contributed by atoms with E-state index >= 15 is 0 Å². The zero-order valence-corrected chi connectivity index (χ0v) is 11.4. The second-order valence-corrected chi connectivity index (χ2v) is 6.22. The second-order valence-electron chi connectivity index (χ2n) is 6.22. The number of aromatic nitrogens is 2. The van der Waals surface area contributed by atoms with Crippen LogP contribution in [0.4, 0.5) is 0 Å². The predicted molar refractivity (Wildman–Crippen MR) is 71.7 cm³/mol. The fourth-order valence-corrected chi connectivity index (χ4v) is 4.20. The van der Waals surface area contributed by atoms with Gasteiger partial charge >= 0.3 is 0 Å². The number of nitrogens with zero attached hydrogens (tertiary/aromatic N) is 2. The first-order chi connectivity index (χ1) is 8.67. The van der Waals surface area contributed by atoms with Crippen molar-refractivity contribution in [2.24, 2.45) is 30.6 Å². The van der Waals surface area contributed by atoms with Crippen LogP contribution in [0.15, 0.2) is 6.07 Å². The molecule has 2 aliphatic rings. The highest BCUT2D eigenvalue weighted by atomic mass is 15.3. The van der Waals surface area contributed by atoms with E-state index in [0.29, 0.717) is 6.04 Å². The molecule has 4 atom stereocenters. The van der Waals surface area contributed by atoms with Crippen molar-refractivity contribution in [1.82, 2.24) is 15.2 Å². The Morgan fingerprint density at radius 2 is 2.33 bits per heavy atom. The fraction of sp³-hybridized carbons (Fsp3) is 0.786. The molecule has 2 fully saturated rings. The number of nitrogens with two attached hydrogens (primary N) is 1. The van der Waals surface area contributed by atoms with E-state index in [-0.39, 0.29) is 0 Å². The van der Waals surface area contributed by atoms with Gasteiger partial charge in [-0.05, 0) is 50.0 Å². The minimum Gasteiger partial charge on any atom is -0.272 e. The van der Waals surface area contributed by atoms with Crippen LogP contribution in [-0.2, 0) is 13.5 Å². The first kappa shape index (κ1) is 12.2. The molecule has 0 saturated heterocycles. The molecule has 1 aromatic rings. The van der Waals surface area contributed by atoms with E-state index in [9.17, 15) is 0 Å². The summed E-state index contributed by atoms with van der Waals surface area (Å²) in [5.41, 5.74) is 5.46. The summed E-state index contributed by atoms with van der Waals surface area (Å²) in [5.74, 6) is 8.46. The Morgan fingerprint density at radius 1 is 1.50 bits per heavy atom. The molecule has 1 heterocycles. The topological polar surface area (TPSA) is 55.9 Å². The van der Waals surface area contributed by atoms with Gasteiger partial charge in [-0.1, -0.05) is 6.42 Å². The van der Waals surface area contributed by atoms with Crippen LogP contribution in [0.3, 0.4) is 0 Å². The lowest BCUT2D eigenvalue weighted by molar-refractivity contribution is 0.246. The number of rotatable bonds is 4. The van der Waals surface area contributed by atoms with Gasteiger partial charge in [0, 0.05) is 25.2 Å². The molecule has 2 saturated carbocycles. The number of hydrazine groups is 1. The van der Waals surface area contributed by atoms with E-state index in [2.05, 4.69) is 16.6 Å². The highest BCUT2D eigenvalue weighted by Crippen LogP contribution is 2.49. The van der Waals surface area contributed by atoms with Crippen LogP contribution in [0.1, 0.15) is 37.1 Å². The quantitative estimate of drug-likeness (QED) is 0.628. The van der Waals surface area contributed by atoms with Gasteiger partial charge in [0.2, 0.25) is 0 Å². The van der Waals surface area contributed by atoms with Crippen LogP contribution in [0.2, 0.25) is 0 Å². The molecule has 3 rings (SSSR count). The van der Waals surface area contributed by atoms with E-state index < -0.39 is 0 Å². The van der Waals surface area contributed by atoms with Crippen LogP contribution < -0.4 is 11.3 Å². The maximum atomic E-state index is 5.81. The molecule has 0 radical (unpaired) electrons. The number of nitrogens with one attached hydrogen (secondary N) is 1. The lowest BCUT2D eigenvalue weighted by Gasteiger charge is -2.30. The molecule has 18 heavy (non-hydrogen) atoms. The van der Waals surface area contributed by atoms with Crippen molar-refractivity contribution in [2.45, 2.75) is 45.1 Å². The van der Waals surface area contributed by atoms with Crippen LogP contribution >= 0.6 is 0 Å². The molecule has 1 aromatic heterocycles. The molecule has 3 N–H and O–H groups in total. The van der Waals surface area contributed by atoms with Gasteiger partial charge in [0.1, 0.15) is 0 Å². The highest BCUT2D eigenvalue weighted by Gasteiger charge is 2.42. The molecule has 0 amide bonds. The molecule has 0 aliphatic heterocycles. The Labute approximate surface area is 109 Å². The molecule has 0 aromatic carbocycles. The summed E-state index contributed by atoms with van der Waals surface area (Å²) in [7, 11) is 2.02. The first-order valence-electron chi connectivity index (χ1n) is 7.13. The van der Waals surface area contributed by atoms with E-state index in [1.54, 1.807) is 0 Å². The number of hydrogen-bond acceptors (Lipinski definition) is 3. The molecular formula is C14H24N4. The van der Waals surface area contributed by atoms with Gasteiger partial charge in [0.25, 0.3) is 0 Å². The molecular weight excluding hydrogens is 224 g/mol. The van der Waals surface area contributed by atoms with Gasteiger partial charge in [-0.25, -0.2) is 0 Å². The normalized spacial score (nSPS) is 32.1. The van der Waals surface area contributed by atoms with Crippen LogP contribution in [0, 0.1) is 24.7 Å². The van der Waals surface area contributed by atoms with Gasteiger partial charge in [-0.15, -0.1) is 0 Å².